The smallest absolute Gasteiger partial charge is 0.254 e. The molecule has 2 saturated heterocycles. The van der Waals surface area contributed by atoms with Crippen LogP contribution < -0.4 is 5.32 Å². The first-order valence-corrected chi connectivity index (χ1v) is 10.5. The fourth-order valence-corrected chi connectivity index (χ4v) is 4.58. The van der Waals surface area contributed by atoms with E-state index in [1.54, 1.807) is 6.20 Å². The van der Waals surface area contributed by atoms with Gasteiger partial charge in [0.15, 0.2) is 0 Å². The Hall–Kier alpha value is -2.90. The van der Waals surface area contributed by atoms with Gasteiger partial charge in [-0.15, -0.1) is 0 Å². The maximum Gasteiger partial charge on any atom is 0.254 e. The Morgan fingerprint density at radius 3 is 2.80 bits per heavy atom. The molecule has 160 valence electrons. The summed E-state index contributed by atoms with van der Waals surface area (Å²) < 4.78 is 0. The van der Waals surface area contributed by atoms with Crippen molar-refractivity contribution < 1.29 is 14.4 Å². The number of carbonyl (C=O) groups excluding carboxylic acids is 3. The average molecular weight is 412 g/mol. The molecule has 1 aromatic carbocycles. The summed E-state index contributed by atoms with van der Waals surface area (Å²) in [7, 11) is 0. The fourth-order valence-electron chi connectivity index (χ4n) is 4.58. The molecule has 2 aliphatic rings. The highest BCUT2D eigenvalue weighted by atomic mass is 16.2. The summed E-state index contributed by atoms with van der Waals surface area (Å²) in [4.78, 5) is 41.6. The predicted octanol–water partition coefficient (Wildman–Crippen LogP) is 1.79. The van der Waals surface area contributed by atoms with E-state index < -0.39 is 0 Å². The Kier molecular flexibility index (Phi) is 5.26. The van der Waals surface area contributed by atoms with Crippen LogP contribution in [0.4, 0.5) is 0 Å². The van der Waals surface area contributed by atoms with E-state index in [1.807, 2.05) is 48.8 Å². The van der Waals surface area contributed by atoms with Crippen LogP contribution in [-0.2, 0) is 9.59 Å². The van der Waals surface area contributed by atoms with E-state index in [0.29, 0.717) is 31.6 Å². The van der Waals surface area contributed by atoms with E-state index in [0.717, 1.165) is 17.3 Å². The van der Waals surface area contributed by atoms with Crippen molar-refractivity contribution in [3.05, 3.63) is 30.0 Å². The molecule has 2 aromatic rings. The molecule has 0 unspecified atom stereocenters. The molecular weight excluding hydrogens is 382 g/mol. The average Bonchev–Trinajstić information content (AvgIpc) is 3.38. The summed E-state index contributed by atoms with van der Waals surface area (Å²) in [6.07, 6.45) is 2.94. The molecule has 0 aliphatic carbocycles. The van der Waals surface area contributed by atoms with Crippen LogP contribution in [0.1, 0.15) is 44.0 Å². The Morgan fingerprint density at radius 2 is 2.03 bits per heavy atom. The second-order valence-electron chi connectivity index (χ2n) is 9.56. The van der Waals surface area contributed by atoms with Gasteiger partial charge in [0.25, 0.3) is 5.91 Å². The lowest BCUT2D eigenvalue weighted by molar-refractivity contribution is -0.134. The number of aromatic nitrogens is 2. The van der Waals surface area contributed by atoms with Gasteiger partial charge >= 0.3 is 0 Å². The number of carbonyl (C=O) groups is 3. The summed E-state index contributed by atoms with van der Waals surface area (Å²) in [5.41, 5.74) is 1.35. The maximum absolute atomic E-state index is 13.1. The number of H-pyrrole nitrogens is 1. The molecule has 0 radical (unpaired) electrons. The minimum absolute atomic E-state index is 0.0143. The normalized spacial score (nSPS) is 21.2. The van der Waals surface area contributed by atoms with Crippen LogP contribution in [0.25, 0.3) is 10.9 Å². The summed E-state index contributed by atoms with van der Waals surface area (Å²) >= 11 is 0. The lowest BCUT2D eigenvalue weighted by atomic mass is 9.92. The van der Waals surface area contributed by atoms with Crippen molar-refractivity contribution in [2.24, 2.45) is 11.3 Å². The van der Waals surface area contributed by atoms with E-state index in [4.69, 9.17) is 0 Å². The van der Waals surface area contributed by atoms with Crippen molar-refractivity contribution in [2.75, 3.05) is 26.2 Å². The lowest BCUT2D eigenvalue weighted by Gasteiger charge is -2.25. The monoisotopic (exact) mass is 411 g/mol. The number of hydrogen-bond donors (Lipinski definition) is 2. The zero-order valence-electron chi connectivity index (χ0n) is 17.8. The van der Waals surface area contributed by atoms with Gasteiger partial charge in [0.1, 0.15) is 0 Å². The Labute approximate surface area is 176 Å². The summed E-state index contributed by atoms with van der Waals surface area (Å²) in [5, 5.41) is 10.5. The van der Waals surface area contributed by atoms with Crippen molar-refractivity contribution in [2.45, 2.75) is 39.7 Å². The molecule has 3 amide bonds. The van der Waals surface area contributed by atoms with E-state index in [1.165, 1.54) is 0 Å². The van der Waals surface area contributed by atoms with Gasteiger partial charge < -0.3 is 15.1 Å². The number of nitrogens with zero attached hydrogens (tertiary/aromatic N) is 3. The van der Waals surface area contributed by atoms with Gasteiger partial charge in [-0.05, 0) is 24.0 Å². The number of fused-ring (bicyclic) bond motifs is 2. The number of likely N-dealkylation sites (tertiary alicyclic amines) is 2. The maximum atomic E-state index is 13.1. The topological polar surface area (TPSA) is 98.4 Å². The highest BCUT2D eigenvalue weighted by molar-refractivity contribution is 6.06. The molecule has 0 saturated carbocycles. The first-order valence-electron chi connectivity index (χ1n) is 10.5. The number of aromatic amines is 1. The molecule has 0 bridgehead atoms. The number of hydrogen-bond acceptors (Lipinski definition) is 4. The zero-order valence-corrected chi connectivity index (χ0v) is 17.8. The molecule has 2 N–H and O–H groups in total. The van der Waals surface area contributed by atoms with Gasteiger partial charge in [-0.25, -0.2) is 0 Å². The minimum Gasteiger partial charge on any atom is -0.347 e. The van der Waals surface area contributed by atoms with Gasteiger partial charge in [-0.2, -0.15) is 5.10 Å². The van der Waals surface area contributed by atoms with Crippen LogP contribution in [0.2, 0.25) is 0 Å². The fraction of sp³-hybridized carbons (Fsp3) is 0.545. The van der Waals surface area contributed by atoms with Crippen LogP contribution in [0.3, 0.4) is 0 Å². The molecule has 8 nitrogen and oxygen atoms in total. The van der Waals surface area contributed by atoms with Crippen molar-refractivity contribution in [3.63, 3.8) is 0 Å². The van der Waals surface area contributed by atoms with Gasteiger partial charge in [0.2, 0.25) is 11.8 Å². The van der Waals surface area contributed by atoms with Crippen LogP contribution >= 0.6 is 0 Å². The second kappa shape index (κ2) is 7.74. The highest BCUT2D eigenvalue weighted by Crippen LogP contribution is 2.33. The second-order valence-corrected chi connectivity index (χ2v) is 9.56. The minimum atomic E-state index is -0.115. The standard InChI is InChI=1S/C22H29N5O3/c1-22(2,3)9-19(28)23-11-20(29)27-8-7-14-12-26(13-18(14)27)21(30)15-5-4-6-17-16(15)10-24-25-17/h4-6,10,14,18H,7-9,11-13H2,1-3H3,(H,23,28)(H,24,25)/t14-,18+/m1/s1. The lowest BCUT2D eigenvalue weighted by Crippen LogP contribution is -2.45. The summed E-state index contributed by atoms with van der Waals surface area (Å²) in [6.45, 7) is 7.86. The number of benzene rings is 1. The highest BCUT2D eigenvalue weighted by Gasteiger charge is 2.44. The first kappa shape index (κ1) is 20.4. The molecular formula is C22H29N5O3. The molecule has 2 atom stereocenters. The van der Waals surface area contributed by atoms with Gasteiger partial charge in [0, 0.05) is 37.4 Å². The quantitative estimate of drug-likeness (QED) is 0.801. The number of rotatable bonds is 4. The first-order chi connectivity index (χ1) is 14.2. The molecule has 30 heavy (non-hydrogen) atoms. The van der Waals surface area contributed by atoms with Crippen molar-refractivity contribution in [1.29, 1.82) is 0 Å². The molecule has 2 fully saturated rings. The molecule has 1 aromatic heterocycles. The Balaban J connectivity index is 1.38. The van der Waals surface area contributed by atoms with Gasteiger partial charge in [-0.3, -0.25) is 19.5 Å². The van der Waals surface area contributed by atoms with Crippen molar-refractivity contribution in [1.82, 2.24) is 25.3 Å². The molecule has 3 heterocycles. The number of amides is 3. The number of nitrogens with one attached hydrogen (secondary N) is 2. The van der Waals surface area contributed by atoms with E-state index in [-0.39, 0.29) is 41.6 Å². The summed E-state index contributed by atoms with van der Waals surface area (Å²) in [6, 6.07) is 5.58. The molecule has 8 heteroatoms. The van der Waals surface area contributed by atoms with E-state index >= 15 is 0 Å². The zero-order chi connectivity index (χ0) is 21.5. The van der Waals surface area contributed by atoms with Crippen LogP contribution in [0.5, 0.6) is 0 Å². The van der Waals surface area contributed by atoms with E-state index in [2.05, 4.69) is 15.5 Å². The Bertz CT molecular complexity index is 977. The molecule has 0 spiro atoms. The molecule has 2 aliphatic heterocycles. The van der Waals surface area contributed by atoms with Crippen molar-refractivity contribution in [3.8, 4) is 0 Å². The predicted molar refractivity (Wildman–Crippen MR) is 113 cm³/mol. The van der Waals surface area contributed by atoms with Crippen LogP contribution in [-0.4, -0.2) is 69.9 Å². The third kappa shape index (κ3) is 4.04. The van der Waals surface area contributed by atoms with Crippen LogP contribution in [0, 0.1) is 11.3 Å². The van der Waals surface area contributed by atoms with Gasteiger partial charge in [-0.1, -0.05) is 26.8 Å². The SMILES string of the molecule is CC(C)(C)CC(=O)NCC(=O)N1CC[C@@H]2CN(C(=O)c3cccc4[nH]ncc34)C[C@@H]21. The van der Waals surface area contributed by atoms with Gasteiger partial charge in [0.05, 0.1) is 29.9 Å². The summed E-state index contributed by atoms with van der Waals surface area (Å²) in [5.74, 6) is 0.0769. The largest absolute Gasteiger partial charge is 0.347 e. The molecule has 4 rings (SSSR count). The van der Waals surface area contributed by atoms with E-state index in [9.17, 15) is 14.4 Å². The third-order valence-electron chi connectivity index (χ3n) is 6.00. The van der Waals surface area contributed by atoms with Crippen LogP contribution in [0.15, 0.2) is 24.4 Å². The van der Waals surface area contributed by atoms with Crippen molar-refractivity contribution >= 4 is 28.6 Å². The third-order valence-corrected chi connectivity index (χ3v) is 6.00. The Morgan fingerprint density at radius 1 is 1.23 bits per heavy atom.